The van der Waals surface area contributed by atoms with Gasteiger partial charge in [0.15, 0.2) is 0 Å². The highest BCUT2D eigenvalue weighted by Gasteiger charge is 2.14. The van der Waals surface area contributed by atoms with E-state index in [2.05, 4.69) is 10.0 Å². The first kappa shape index (κ1) is 8.65. The third-order valence-corrected chi connectivity index (χ3v) is 0.871. The Bertz CT molecular complexity index is 203. The highest BCUT2D eigenvalue weighted by atomic mass is 16.2. The van der Waals surface area contributed by atoms with Crippen molar-refractivity contribution in [1.82, 2.24) is 0 Å². The van der Waals surface area contributed by atoms with Crippen LogP contribution in [0.5, 0.6) is 0 Å². The second-order valence-corrected chi connectivity index (χ2v) is 2.01. The number of carbonyl (C=O) groups is 2. The van der Waals surface area contributed by atoms with Crippen LogP contribution < -0.4 is 0 Å². The van der Waals surface area contributed by atoms with Gasteiger partial charge in [-0.1, -0.05) is 13.8 Å². The van der Waals surface area contributed by atoms with Gasteiger partial charge in [-0.3, -0.25) is 9.59 Å². The summed E-state index contributed by atoms with van der Waals surface area (Å²) in [7, 11) is 0. The van der Waals surface area contributed by atoms with Gasteiger partial charge >= 0.3 is 0 Å². The number of hydrogen-bond acceptors (Lipinski definition) is 2. The summed E-state index contributed by atoms with van der Waals surface area (Å²) in [5.41, 5.74) is 7.75. The van der Waals surface area contributed by atoms with Gasteiger partial charge < -0.3 is 0 Å². The first-order valence-corrected chi connectivity index (χ1v) is 2.73. The van der Waals surface area contributed by atoms with E-state index >= 15 is 0 Å². The molecule has 0 heterocycles. The molecule has 5 heteroatoms. The minimum absolute atomic E-state index is 0.405. The lowest BCUT2D eigenvalue weighted by Gasteiger charge is -1.95. The summed E-state index contributed by atoms with van der Waals surface area (Å²) < 4.78 is 0. The van der Waals surface area contributed by atoms with Crippen LogP contribution >= 0.6 is 0 Å². The Labute approximate surface area is 57.7 Å². The number of nitrogens with zero attached hydrogens (tertiary/aromatic N) is 3. The maximum atomic E-state index is 10.6. The van der Waals surface area contributed by atoms with Gasteiger partial charge in [0.1, 0.15) is 0 Å². The number of Topliss-reactive ketones (excluding diaryl/α,β-unsaturated/α-hetero) is 1. The zero-order chi connectivity index (χ0) is 8.15. The van der Waals surface area contributed by atoms with Crippen LogP contribution in [0.1, 0.15) is 13.8 Å². The summed E-state index contributed by atoms with van der Waals surface area (Å²) in [6, 6.07) is 0. The first-order valence-electron chi connectivity index (χ1n) is 2.73. The van der Waals surface area contributed by atoms with Crippen molar-refractivity contribution in [3.05, 3.63) is 10.4 Å². The van der Waals surface area contributed by atoms with Gasteiger partial charge in [0.05, 0.1) is 0 Å². The Morgan fingerprint density at radius 2 is 2.00 bits per heavy atom. The van der Waals surface area contributed by atoms with Gasteiger partial charge in [0.25, 0.3) is 5.91 Å². The van der Waals surface area contributed by atoms with Crippen molar-refractivity contribution in [3.63, 3.8) is 0 Å². The van der Waals surface area contributed by atoms with Gasteiger partial charge in [-0.2, -0.15) is 0 Å². The van der Waals surface area contributed by atoms with Crippen LogP contribution in [-0.2, 0) is 9.59 Å². The number of ketones is 1. The Hall–Kier alpha value is -1.35. The monoisotopic (exact) mass is 141 g/mol. The molecule has 0 N–H and O–H groups in total. The third-order valence-electron chi connectivity index (χ3n) is 0.871. The molecular weight excluding hydrogens is 134 g/mol. The van der Waals surface area contributed by atoms with E-state index in [4.69, 9.17) is 5.53 Å². The van der Waals surface area contributed by atoms with E-state index in [1.165, 1.54) is 0 Å². The molecule has 0 aromatic heterocycles. The van der Waals surface area contributed by atoms with Crippen LogP contribution in [0.2, 0.25) is 0 Å². The van der Waals surface area contributed by atoms with Crippen molar-refractivity contribution in [3.8, 4) is 0 Å². The van der Waals surface area contributed by atoms with Crippen molar-refractivity contribution in [2.75, 3.05) is 0 Å². The van der Waals surface area contributed by atoms with Crippen molar-refractivity contribution in [2.24, 2.45) is 11.0 Å². The molecule has 0 aliphatic heterocycles. The minimum atomic E-state index is -1.02. The van der Waals surface area contributed by atoms with Crippen molar-refractivity contribution in [1.29, 1.82) is 0 Å². The summed E-state index contributed by atoms with van der Waals surface area (Å²) in [5, 5.41) is 2.64. The predicted molar refractivity (Wildman–Crippen MR) is 34.0 cm³/mol. The topological polar surface area (TPSA) is 82.9 Å². The minimum Gasteiger partial charge on any atom is -0.290 e. The lowest BCUT2D eigenvalue weighted by Crippen LogP contribution is -2.16. The van der Waals surface area contributed by atoms with Crippen LogP contribution in [0, 0.1) is 5.92 Å². The van der Waals surface area contributed by atoms with Gasteiger partial charge in [0, 0.05) is 10.8 Å². The summed E-state index contributed by atoms with van der Waals surface area (Å²) in [4.78, 5) is 23.2. The SMILES string of the molecule is CC(C)C(=O)C(=O)N=[N+]=[N-]. The fourth-order valence-electron chi connectivity index (χ4n) is 0.337. The number of azide groups is 1. The Kier molecular flexibility index (Phi) is 3.14. The van der Waals surface area contributed by atoms with Gasteiger partial charge in [-0.05, 0) is 10.6 Å². The van der Waals surface area contributed by atoms with Crippen LogP contribution in [-0.4, -0.2) is 11.7 Å². The molecule has 0 atom stereocenters. The van der Waals surface area contributed by atoms with Crippen LogP contribution in [0.4, 0.5) is 0 Å². The highest BCUT2D eigenvalue weighted by molar-refractivity contribution is 6.37. The maximum Gasteiger partial charge on any atom is 0.284 e. The van der Waals surface area contributed by atoms with E-state index in [1.54, 1.807) is 13.8 Å². The molecule has 0 fully saturated rings. The molecule has 0 saturated heterocycles. The van der Waals surface area contributed by atoms with E-state index in [9.17, 15) is 9.59 Å². The van der Waals surface area contributed by atoms with Gasteiger partial charge in [-0.15, -0.1) is 0 Å². The van der Waals surface area contributed by atoms with Crippen molar-refractivity contribution >= 4 is 11.7 Å². The fraction of sp³-hybridized carbons (Fsp3) is 0.600. The van der Waals surface area contributed by atoms with E-state index in [0.717, 1.165) is 0 Å². The molecule has 0 aliphatic rings. The van der Waals surface area contributed by atoms with Crippen LogP contribution in [0.15, 0.2) is 5.11 Å². The van der Waals surface area contributed by atoms with E-state index in [-0.39, 0.29) is 0 Å². The summed E-state index contributed by atoms with van der Waals surface area (Å²) in [5.74, 6) is -2.08. The second kappa shape index (κ2) is 3.63. The molecule has 10 heavy (non-hydrogen) atoms. The lowest BCUT2D eigenvalue weighted by molar-refractivity contribution is -0.137. The summed E-state index contributed by atoms with van der Waals surface area (Å²) in [6.07, 6.45) is 0. The van der Waals surface area contributed by atoms with E-state index in [0.29, 0.717) is 0 Å². The largest absolute Gasteiger partial charge is 0.290 e. The molecule has 0 radical (unpaired) electrons. The lowest BCUT2D eigenvalue weighted by atomic mass is 10.1. The molecule has 0 spiro atoms. The molecule has 0 unspecified atom stereocenters. The predicted octanol–water partition coefficient (Wildman–Crippen LogP) is 1.05. The molecular formula is C5H7N3O2. The highest BCUT2D eigenvalue weighted by Crippen LogP contribution is 1.95. The van der Waals surface area contributed by atoms with Crippen LogP contribution in [0.25, 0.3) is 10.4 Å². The zero-order valence-electron chi connectivity index (χ0n) is 5.74. The molecule has 0 rings (SSSR count). The smallest absolute Gasteiger partial charge is 0.284 e. The van der Waals surface area contributed by atoms with E-state index in [1.807, 2.05) is 0 Å². The van der Waals surface area contributed by atoms with Crippen LogP contribution in [0.3, 0.4) is 0 Å². The Morgan fingerprint density at radius 3 is 2.30 bits per heavy atom. The zero-order valence-corrected chi connectivity index (χ0v) is 5.74. The fourth-order valence-corrected chi connectivity index (χ4v) is 0.337. The molecule has 0 aliphatic carbocycles. The standard InChI is InChI=1S/C5H7N3O2/c1-3(2)4(9)5(10)7-8-6/h3H,1-2H3. The second-order valence-electron chi connectivity index (χ2n) is 2.01. The average Bonchev–Trinajstić information content (AvgIpc) is 1.87. The quantitative estimate of drug-likeness (QED) is 0.249. The van der Waals surface area contributed by atoms with Gasteiger partial charge in [-0.25, -0.2) is 0 Å². The maximum absolute atomic E-state index is 10.6. The molecule has 1 amide bonds. The molecule has 5 nitrogen and oxygen atoms in total. The average molecular weight is 141 g/mol. The summed E-state index contributed by atoms with van der Waals surface area (Å²) >= 11 is 0. The Balaban J connectivity index is 4.23. The Morgan fingerprint density at radius 1 is 1.50 bits per heavy atom. The number of rotatable bonds is 2. The number of hydrogen-bond donors (Lipinski definition) is 0. The molecule has 0 aromatic carbocycles. The van der Waals surface area contributed by atoms with Crippen molar-refractivity contribution in [2.45, 2.75) is 13.8 Å². The molecule has 54 valence electrons. The normalized spacial score (nSPS) is 8.70. The molecule has 0 bridgehead atoms. The summed E-state index contributed by atoms with van der Waals surface area (Å²) in [6.45, 7) is 3.13. The van der Waals surface area contributed by atoms with E-state index < -0.39 is 17.6 Å². The molecule has 0 aromatic rings. The van der Waals surface area contributed by atoms with Crippen molar-refractivity contribution < 1.29 is 9.59 Å². The van der Waals surface area contributed by atoms with Gasteiger partial charge in [0.2, 0.25) is 5.78 Å². The third kappa shape index (κ3) is 2.28. The number of amides is 1. The first-order chi connectivity index (χ1) is 4.59. The molecule has 0 saturated carbocycles. The number of carbonyl (C=O) groups excluding carboxylic acids is 2.